The van der Waals surface area contributed by atoms with E-state index in [0.29, 0.717) is 29.7 Å². The van der Waals surface area contributed by atoms with Crippen LogP contribution in [-0.4, -0.2) is 45.5 Å². The number of H-pyrrole nitrogens is 1. The van der Waals surface area contributed by atoms with Gasteiger partial charge in [-0.3, -0.25) is 15.2 Å². The molecule has 0 saturated carbocycles. The summed E-state index contributed by atoms with van der Waals surface area (Å²) in [6, 6.07) is 2.83. The molecule has 0 unspecified atom stereocenters. The van der Waals surface area contributed by atoms with E-state index in [9.17, 15) is 14.9 Å². The van der Waals surface area contributed by atoms with Gasteiger partial charge < -0.3 is 15.3 Å². The molecule has 1 aliphatic heterocycles. The van der Waals surface area contributed by atoms with E-state index < -0.39 is 11.0 Å². The van der Waals surface area contributed by atoms with Crippen LogP contribution >= 0.6 is 0 Å². The lowest BCUT2D eigenvalue weighted by atomic mass is 10.0. The summed E-state index contributed by atoms with van der Waals surface area (Å²) in [6.45, 7) is 1.04. The first-order valence-corrected chi connectivity index (χ1v) is 6.91. The van der Waals surface area contributed by atoms with Gasteiger partial charge in [-0.25, -0.2) is 4.79 Å². The molecule has 3 rings (SSSR count). The van der Waals surface area contributed by atoms with Crippen molar-refractivity contribution in [1.82, 2.24) is 15.5 Å². The van der Waals surface area contributed by atoms with Crippen molar-refractivity contribution in [3.8, 4) is 0 Å². The number of piperidine rings is 1. The maximum Gasteiger partial charge on any atom is 0.404 e. The standard InChI is InChI=1S/C13H15N5O4/c19-13(20)15-8-2-1-5-17(7-8)12-9-6-14-16-10(9)3-4-11(12)18(21)22/h3-4,6,8,15H,1-2,5,7H2,(H,14,16)(H,19,20)/t8-/m1/s1. The second-order valence-electron chi connectivity index (χ2n) is 5.26. The van der Waals surface area contributed by atoms with Gasteiger partial charge in [0.05, 0.1) is 22.0 Å². The van der Waals surface area contributed by atoms with Gasteiger partial charge in [0.15, 0.2) is 0 Å². The van der Waals surface area contributed by atoms with Crippen LogP contribution < -0.4 is 10.2 Å². The average molecular weight is 305 g/mol. The predicted octanol–water partition coefficient (Wildman–Crippen LogP) is 1.71. The molecule has 2 heterocycles. The largest absolute Gasteiger partial charge is 0.465 e. The number of nitro groups is 1. The van der Waals surface area contributed by atoms with Crippen molar-refractivity contribution in [3.63, 3.8) is 0 Å². The second-order valence-corrected chi connectivity index (χ2v) is 5.26. The van der Waals surface area contributed by atoms with E-state index in [1.807, 2.05) is 4.90 Å². The summed E-state index contributed by atoms with van der Waals surface area (Å²) in [5, 5.41) is 30.0. The van der Waals surface area contributed by atoms with E-state index in [2.05, 4.69) is 15.5 Å². The zero-order valence-electron chi connectivity index (χ0n) is 11.7. The summed E-state index contributed by atoms with van der Waals surface area (Å²) in [5.41, 5.74) is 1.21. The Morgan fingerprint density at radius 3 is 3.09 bits per heavy atom. The van der Waals surface area contributed by atoms with Gasteiger partial charge in [0.25, 0.3) is 5.69 Å². The molecule has 1 fully saturated rings. The molecule has 1 amide bonds. The Labute approximate surface area is 125 Å². The summed E-state index contributed by atoms with van der Waals surface area (Å²) < 4.78 is 0. The third kappa shape index (κ3) is 2.52. The topological polar surface area (TPSA) is 124 Å². The number of rotatable bonds is 3. The van der Waals surface area contributed by atoms with Crippen LogP contribution in [0.3, 0.4) is 0 Å². The van der Waals surface area contributed by atoms with Crippen LogP contribution in [0.4, 0.5) is 16.2 Å². The lowest BCUT2D eigenvalue weighted by molar-refractivity contribution is -0.384. The highest BCUT2D eigenvalue weighted by Crippen LogP contribution is 2.36. The van der Waals surface area contributed by atoms with E-state index in [-0.39, 0.29) is 11.7 Å². The van der Waals surface area contributed by atoms with E-state index in [1.54, 1.807) is 12.3 Å². The molecule has 1 saturated heterocycles. The van der Waals surface area contributed by atoms with Crippen LogP contribution in [-0.2, 0) is 0 Å². The zero-order valence-corrected chi connectivity index (χ0v) is 11.7. The lowest BCUT2D eigenvalue weighted by Gasteiger charge is -2.34. The Hall–Kier alpha value is -2.84. The fourth-order valence-corrected chi connectivity index (χ4v) is 2.94. The van der Waals surface area contributed by atoms with Crippen molar-refractivity contribution in [2.24, 2.45) is 0 Å². The minimum atomic E-state index is -1.08. The summed E-state index contributed by atoms with van der Waals surface area (Å²) in [5.74, 6) is 0. The number of hydrogen-bond acceptors (Lipinski definition) is 5. The third-order valence-electron chi connectivity index (χ3n) is 3.84. The fraction of sp³-hybridized carbons (Fsp3) is 0.385. The van der Waals surface area contributed by atoms with Crippen molar-refractivity contribution >= 4 is 28.4 Å². The highest BCUT2D eigenvalue weighted by molar-refractivity contribution is 5.96. The van der Waals surface area contributed by atoms with Gasteiger partial charge in [-0.1, -0.05) is 0 Å². The Bertz CT molecular complexity index is 728. The van der Waals surface area contributed by atoms with Crippen molar-refractivity contribution in [2.45, 2.75) is 18.9 Å². The number of carbonyl (C=O) groups is 1. The van der Waals surface area contributed by atoms with Gasteiger partial charge in [-0.2, -0.15) is 5.10 Å². The van der Waals surface area contributed by atoms with Crippen LogP contribution in [0.1, 0.15) is 12.8 Å². The molecule has 1 aromatic carbocycles. The maximum absolute atomic E-state index is 11.3. The number of hydrogen-bond donors (Lipinski definition) is 3. The summed E-state index contributed by atoms with van der Waals surface area (Å²) in [4.78, 5) is 23.6. The normalized spacial score (nSPS) is 18.4. The molecule has 0 radical (unpaired) electrons. The Kier molecular flexibility index (Phi) is 3.53. The summed E-state index contributed by atoms with van der Waals surface area (Å²) in [7, 11) is 0. The average Bonchev–Trinajstić information content (AvgIpc) is 2.93. The molecule has 0 spiro atoms. The quantitative estimate of drug-likeness (QED) is 0.585. The van der Waals surface area contributed by atoms with Crippen LogP contribution in [0, 0.1) is 10.1 Å². The number of benzene rings is 1. The van der Waals surface area contributed by atoms with Crippen LogP contribution in [0.15, 0.2) is 18.3 Å². The minimum Gasteiger partial charge on any atom is -0.465 e. The lowest BCUT2D eigenvalue weighted by Crippen LogP contribution is -2.47. The van der Waals surface area contributed by atoms with Gasteiger partial charge in [0.1, 0.15) is 5.69 Å². The monoisotopic (exact) mass is 305 g/mol. The molecule has 1 atom stereocenters. The third-order valence-corrected chi connectivity index (χ3v) is 3.84. The number of amides is 1. The number of anilines is 1. The van der Waals surface area contributed by atoms with Gasteiger partial charge >= 0.3 is 6.09 Å². The van der Waals surface area contributed by atoms with Crippen molar-refractivity contribution in [3.05, 3.63) is 28.4 Å². The number of aromatic nitrogens is 2. The van der Waals surface area contributed by atoms with Crippen molar-refractivity contribution in [1.29, 1.82) is 0 Å². The highest BCUT2D eigenvalue weighted by Gasteiger charge is 2.28. The van der Waals surface area contributed by atoms with Gasteiger partial charge in [0.2, 0.25) is 0 Å². The summed E-state index contributed by atoms with van der Waals surface area (Å²) >= 11 is 0. The van der Waals surface area contributed by atoms with Crippen LogP contribution in [0.5, 0.6) is 0 Å². The Morgan fingerprint density at radius 2 is 2.36 bits per heavy atom. The second kappa shape index (κ2) is 5.51. The number of aromatic amines is 1. The molecule has 3 N–H and O–H groups in total. The molecule has 116 valence electrons. The van der Waals surface area contributed by atoms with Crippen molar-refractivity contribution in [2.75, 3.05) is 18.0 Å². The first-order chi connectivity index (χ1) is 10.6. The van der Waals surface area contributed by atoms with E-state index in [1.165, 1.54) is 6.07 Å². The smallest absolute Gasteiger partial charge is 0.404 e. The van der Waals surface area contributed by atoms with Crippen molar-refractivity contribution < 1.29 is 14.8 Å². The molecule has 0 bridgehead atoms. The number of carboxylic acid groups (broad SMARTS) is 1. The van der Waals surface area contributed by atoms with Gasteiger partial charge in [0, 0.05) is 25.2 Å². The van der Waals surface area contributed by atoms with Crippen LogP contribution in [0.25, 0.3) is 10.9 Å². The molecule has 2 aromatic rings. The number of nitrogens with one attached hydrogen (secondary N) is 2. The minimum absolute atomic E-state index is 0.00451. The number of nitro benzene ring substituents is 1. The maximum atomic E-state index is 11.3. The Balaban J connectivity index is 2.00. The van der Waals surface area contributed by atoms with Gasteiger partial charge in [-0.15, -0.1) is 0 Å². The van der Waals surface area contributed by atoms with E-state index >= 15 is 0 Å². The molecular formula is C13H15N5O4. The Morgan fingerprint density at radius 1 is 1.55 bits per heavy atom. The molecule has 1 aliphatic rings. The molecule has 22 heavy (non-hydrogen) atoms. The first kappa shape index (κ1) is 14.1. The molecule has 9 heteroatoms. The molecule has 1 aromatic heterocycles. The van der Waals surface area contributed by atoms with Crippen LogP contribution in [0.2, 0.25) is 0 Å². The highest BCUT2D eigenvalue weighted by atomic mass is 16.6. The van der Waals surface area contributed by atoms with E-state index in [0.717, 1.165) is 12.8 Å². The molecule has 9 nitrogen and oxygen atoms in total. The van der Waals surface area contributed by atoms with E-state index in [4.69, 9.17) is 5.11 Å². The molecular weight excluding hydrogens is 290 g/mol. The fourth-order valence-electron chi connectivity index (χ4n) is 2.94. The first-order valence-electron chi connectivity index (χ1n) is 6.91. The number of nitrogens with zero attached hydrogens (tertiary/aromatic N) is 3. The van der Waals surface area contributed by atoms with Gasteiger partial charge in [-0.05, 0) is 18.9 Å². The molecule has 0 aliphatic carbocycles. The SMILES string of the molecule is O=C(O)N[C@@H]1CCCN(c2c([N+](=O)[O-])ccc3[nH]ncc23)C1. The number of fused-ring (bicyclic) bond motifs is 1. The summed E-state index contributed by atoms with van der Waals surface area (Å²) in [6.07, 6.45) is 1.96. The predicted molar refractivity (Wildman–Crippen MR) is 79.1 cm³/mol. The zero-order chi connectivity index (χ0) is 15.7.